The van der Waals surface area contributed by atoms with Crippen LogP contribution >= 0.6 is 0 Å². The molecule has 0 saturated heterocycles. The van der Waals surface area contributed by atoms with Gasteiger partial charge in [0.2, 0.25) is 0 Å². The molecule has 0 heterocycles. The van der Waals surface area contributed by atoms with E-state index in [0.29, 0.717) is 24.2 Å². The van der Waals surface area contributed by atoms with Gasteiger partial charge in [0.1, 0.15) is 5.67 Å². The maximum absolute atomic E-state index is 14.0. The van der Waals surface area contributed by atoms with Crippen LogP contribution in [0.3, 0.4) is 0 Å². The largest absolute Gasteiger partial charge is 3.00 e. The Hall–Kier alpha value is -1.87. The molecule has 4 heteroatoms. The normalized spacial score (nSPS) is 27.9. The first-order valence-corrected chi connectivity index (χ1v) is 15.5. The van der Waals surface area contributed by atoms with E-state index in [0.717, 1.165) is 25.7 Å². The van der Waals surface area contributed by atoms with E-state index >= 15 is 0 Å². The van der Waals surface area contributed by atoms with E-state index in [2.05, 4.69) is 94.4 Å². The Kier molecular flexibility index (Phi) is 14.1. The molecule has 8 rings (SSSR count). The van der Waals surface area contributed by atoms with Crippen molar-refractivity contribution in [3.63, 3.8) is 0 Å². The van der Waals surface area contributed by atoms with Gasteiger partial charge >= 0.3 is 26.2 Å². The molecule has 5 aliphatic rings. The molecule has 0 aliphatic heterocycles. The average molecular weight is 657 g/mol. The zero-order valence-electron chi connectivity index (χ0n) is 26.2. The van der Waals surface area contributed by atoms with E-state index in [4.69, 9.17) is 5.73 Å². The summed E-state index contributed by atoms with van der Waals surface area (Å²) in [4.78, 5) is 0. The number of halogens is 1. The zero-order chi connectivity index (χ0) is 28.8. The fourth-order valence-corrected chi connectivity index (χ4v) is 7.32. The molecule has 1 nitrogen and oxygen atoms in total. The molecule has 220 valence electrons. The van der Waals surface area contributed by atoms with Gasteiger partial charge in [-0.25, -0.2) is 9.96 Å². The molecule has 4 bridgehead atoms. The van der Waals surface area contributed by atoms with Crippen LogP contribution in [-0.4, -0.2) is 21.5 Å². The fraction of sp³-hybridized carbons (Fsp3) is 0.395. The van der Waals surface area contributed by atoms with E-state index in [9.17, 15) is 4.39 Å². The molecule has 3 unspecified atom stereocenters. The topological polar surface area (TPSA) is 23.8 Å². The third-order valence-electron chi connectivity index (χ3n) is 8.95. The number of benzene rings is 3. The van der Waals surface area contributed by atoms with Crippen LogP contribution in [0.5, 0.6) is 0 Å². The van der Waals surface area contributed by atoms with Crippen molar-refractivity contribution in [1.29, 1.82) is 0 Å². The number of alkyl halides is 1. The summed E-state index contributed by atoms with van der Waals surface area (Å²) in [6, 6.07) is 31.1. The van der Waals surface area contributed by atoms with Crippen molar-refractivity contribution in [1.82, 2.24) is 0 Å². The van der Waals surface area contributed by atoms with Crippen LogP contribution in [0.1, 0.15) is 66.2 Å². The maximum atomic E-state index is 14.0. The molecule has 3 aromatic carbocycles. The van der Waals surface area contributed by atoms with Gasteiger partial charge in [-0.15, -0.1) is 12.5 Å². The van der Waals surface area contributed by atoms with Crippen molar-refractivity contribution < 1.29 is 30.6 Å². The smallest absolute Gasteiger partial charge is 0.672 e. The van der Waals surface area contributed by atoms with Crippen LogP contribution in [0.4, 0.5) is 4.39 Å². The maximum Gasteiger partial charge on any atom is 3.00 e. The van der Waals surface area contributed by atoms with Gasteiger partial charge in [-0.1, -0.05) is 136 Å². The van der Waals surface area contributed by atoms with E-state index < -0.39 is 5.67 Å². The molecule has 0 aromatic heterocycles. The molecular weight excluding hydrogens is 609 g/mol. The molecule has 3 aromatic rings. The van der Waals surface area contributed by atoms with Crippen LogP contribution in [0.2, 0.25) is 0 Å². The van der Waals surface area contributed by atoms with Gasteiger partial charge in [0.25, 0.3) is 0 Å². The van der Waals surface area contributed by atoms with E-state index in [1.807, 2.05) is 40.6 Å². The second-order valence-corrected chi connectivity index (χ2v) is 13.2. The van der Waals surface area contributed by atoms with Crippen LogP contribution in [-0.2, 0) is 26.2 Å². The molecule has 0 amide bonds. The zero-order valence-corrected chi connectivity index (χ0v) is 30.1. The van der Waals surface area contributed by atoms with Crippen molar-refractivity contribution in [2.45, 2.75) is 77.4 Å². The molecule has 42 heavy (non-hydrogen) atoms. The quantitative estimate of drug-likeness (QED) is 0.184. The predicted octanol–water partition coefficient (Wildman–Crippen LogP) is 9.57. The second-order valence-electron chi connectivity index (χ2n) is 12.4. The van der Waals surface area contributed by atoms with E-state index in [1.54, 1.807) is 0 Å². The standard InChI is InChI=1S/C12H10.C10H15FN.C9H13.C6H7Si.CH3.Zr/c1-3-7-11(8-4-1)12-9-5-2-6-10-12;11-9-2-7-1-8(3-9)5-10(12,4-7)6-9;1-6-5-7(2)9(4)8(6)3;7-6-4-2-1-3-5-6;;/h1-10H;7-8,12H,1-6H2;6H,1-4H3;1-5H,7H2;1H3;/q;2*-1;;-1;+3. The van der Waals surface area contributed by atoms with Crippen LogP contribution in [0.25, 0.3) is 16.9 Å². The summed E-state index contributed by atoms with van der Waals surface area (Å²) in [5, 5.41) is 1.35. The van der Waals surface area contributed by atoms with Crippen molar-refractivity contribution in [2.75, 3.05) is 0 Å². The first-order chi connectivity index (χ1) is 19.1. The van der Waals surface area contributed by atoms with Crippen molar-refractivity contribution in [3.05, 3.63) is 127 Å². The summed E-state index contributed by atoms with van der Waals surface area (Å²) in [5.74, 6) is 1.66. The molecule has 2 radical (unpaired) electrons. The molecule has 4 saturated carbocycles. The first-order valence-electron chi connectivity index (χ1n) is 14.8. The SMILES string of the molecule is CC1=[C-]C(C)C(C)=C1C.[CH3-].[NH-]C12CC3CC(C1)CC(F)(C3)C2.[SiH2]c1ccccc1.[Zr+3].c1ccc(-c2ccccc2)cc1. The molecule has 5 aliphatic carbocycles. The van der Waals surface area contributed by atoms with Gasteiger partial charge < -0.3 is 13.2 Å². The predicted molar refractivity (Wildman–Crippen MR) is 178 cm³/mol. The second kappa shape index (κ2) is 16.3. The van der Waals surface area contributed by atoms with Gasteiger partial charge in [-0.05, 0) is 48.6 Å². The third kappa shape index (κ3) is 10.1. The summed E-state index contributed by atoms with van der Waals surface area (Å²) in [6.45, 7) is 8.67. The summed E-state index contributed by atoms with van der Waals surface area (Å²) in [7, 11) is 1.90. The molecular formula is C38H48FNSiZr. The Labute approximate surface area is 277 Å². The van der Waals surface area contributed by atoms with Crippen molar-refractivity contribution in [2.24, 2.45) is 17.8 Å². The molecule has 0 spiro atoms. The molecule has 1 N–H and O–H groups in total. The van der Waals surface area contributed by atoms with Crippen LogP contribution < -0.4 is 5.19 Å². The Balaban J connectivity index is 0.000000197. The minimum atomic E-state index is -0.925. The average Bonchev–Trinajstić information content (AvgIpc) is 3.14. The van der Waals surface area contributed by atoms with Crippen LogP contribution in [0, 0.1) is 31.3 Å². The summed E-state index contributed by atoms with van der Waals surface area (Å²) in [6.07, 6.45) is 8.61. The first kappa shape index (κ1) is 36.3. The number of hydrogen-bond acceptors (Lipinski definition) is 0. The summed E-state index contributed by atoms with van der Waals surface area (Å²) >= 11 is 0. The molecule has 3 atom stereocenters. The monoisotopic (exact) mass is 655 g/mol. The minimum absolute atomic E-state index is 0. The third-order valence-corrected chi connectivity index (χ3v) is 9.42. The Morgan fingerprint density at radius 2 is 1.19 bits per heavy atom. The number of hydrogen-bond donors (Lipinski definition) is 0. The van der Waals surface area contributed by atoms with Crippen molar-refractivity contribution in [3.8, 4) is 11.1 Å². The number of allylic oxidation sites excluding steroid dienone is 4. The number of nitrogens with one attached hydrogen (secondary N) is 1. The summed E-state index contributed by atoms with van der Waals surface area (Å²) in [5.41, 5.74) is 13.6. The minimum Gasteiger partial charge on any atom is -0.672 e. The Morgan fingerprint density at radius 1 is 0.762 bits per heavy atom. The summed E-state index contributed by atoms with van der Waals surface area (Å²) < 4.78 is 14.0. The van der Waals surface area contributed by atoms with Crippen LogP contribution in [0.15, 0.2) is 108 Å². The van der Waals surface area contributed by atoms with E-state index in [-0.39, 0.29) is 39.2 Å². The van der Waals surface area contributed by atoms with Gasteiger partial charge in [0.15, 0.2) is 0 Å². The fourth-order valence-electron chi connectivity index (χ4n) is 7.05. The Bertz CT molecular complexity index is 1220. The number of rotatable bonds is 1. The van der Waals surface area contributed by atoms with E-state index in [1.165, 1.54) is 39.5 Å². The Morgan fingerprint density at radius 3 is 1.45 bits per heavy atom. The van der Waals surface area contributed by atoms with Gasteiger partial charge in [-0.2, -0.15) is 11.1 Å². The molecule has 4 fully saturated rings. The van der Waals surface area contributed by atoms with Gasteiger partial charge in [0, 0.05) is 10.2 Å². The van der Waals surface area contributed by atoms with Gasteiger partial charge in [0.05, 0.1) is 0 Å². The van der Waals surface area contributed by atoms with Crippen molar-refractivity contribution >= 4 is 15.4 Å². The van der Waals surface area contributed by atoms with Gasteiger partial charge in [-0.3, -0.25) is 6.08 Å².